The molecule has 3 aromatic heterocycles. The molecule has 0 radical (unpaired) electrons. The van der Waals surface area contributed by atoms with E-state index < -0.39 is 0 Å². The summed E-state index contributed by atoms with van der Waals surface area (Å²) in [5, 5.41) is 14.6. The van der Waals surface area contributed by atoms with Crippen molar-refractivity contribution in [1.82, 2.24) is 29.5 Å². The van der Waals surface area contributed by atoms with Crippen LogP contribution in [0.2, 0.25) is 5.02 Å². The number of aryl methyl sites for hydroxylation is 2. The van der Waals surface area contributed by atoms with Gasteiger partial charge in [-0.2, -0.15) is 0 Å². The molecule has 0 aliphatic carbocycles. The number of thiophene rings is 1. The van der Waals surface area contributed by atoms with Crippen LogP contribution in [-0.4, -0.2) is 37.2 Å². The van der Waals surface area contributed by atoms with Crippen molar-refractivity contribution in [2.24, 2.45) is 19.1 Å². The highest BCUT2D eigenvalue weighted by Gasteiger charge is 2.12. The van der Waals surface area contributed by atoms with Gasteiger partial charge in [-0.3, -0.25) is 0 Å². The molecule has 0 aromatic carbocycles. The molecular formula is C18H24ClN7S. The summed E-state index contributed by atoms with van der Waals surface area (Å²) < 4.78 is 3.99. The summed E-state index contributed by atoms with van der Waals surface area (Å²) in [6.07, 6.45) is 1.91. The molecule has 3 rings (SSSR count). The van der Waals surface area contributed by atoms with Crippen molar-refractivity contribution in [3.63, 3.8) is 0 Å². The number of nitrogens with zero attached hydrogens (tertiary/aromatic N) is 6. The van der Waals surface area contributed by atoms with Gasteiger partial charge in [-0.15, -0.1) is 21.5 Å². The molecule has 27 heavy (non-hydrogen) atoms. The van der Waals surface area contributed by atoms with Crippen molar-refractivity contribution >= 4 is 28.9 Å². The van der Waals surface area contributed by atoms with E-state index >= 15 is 0 Å². The number of guanidine groups is 1. The molecule has 0 saturated carbocycles. The van der Waals surface area contributed by atoms with Crippen LogP contribution in [0.3, 0.4) is 0 Å². The average Bonchev–Trinajstić information content (AvgIpc) is 3.33. The van der Waals surface area contributed by atoms with Crippen molar-refractivity contribution < 1.29 is 0 Å². The third kappa shape index (κ3) is 4.90. The predicted molar refractivity (Wildman–Crippen MR) is 110 cm³/mol. The second-order valence-electron chi connectivity index (χ2n) is 6.41. The van der Waals surface area contributed by atoms with Gasteiger partial charge in [-0.25, -0.2) is 4.99 Å². The Labute approximate surface area is 168 Å². The SMILES string of the molecule is Cc1nnc(CN=C(NCc2cccs2)N(C)Cc2cc(Cl)cn2C)n1C. The Morgan fingerprint density at radius 3 is 2.78 bits per heavy atom. The molecule has 0 spiro atoms. The highest BCUT2D eigenvalue weighted by molar-refractivity contribution is 7.09. The lowest BCUT2D eigenvalue weighted by Crippen LogP contribution is -2.38. The molecular weight excluding hydrogens is 382 g/mol. The van der Waals surface area contributed by atoms with E-state index in [1.54, 1.807) is 11.3 Å². The Morgan fingerprint density at radius 1 is 1.37 bits per heavy atom. The van der Waals surface area contributed by atoms with E-state index in [1.165, 1.54) is 4.88 Å². The molecule has 0 amide bonds. The molecule has 0 aliphatic rings. The van der Waals surface area contributed by atoms with Gasteiger partial charge in [-0.05, 0) is 24.4 Å². The standard InChI is InChI=1S/C18H24ClN7S/c1-13-22-23-17(26(13)4)10-21-18(20-9-16-6-5-7-27-16)25(3)12-15-8-14(19)11-24(15)2/h5-8,11H,9-10,12H2,1-4H3,(H,20,21). The predicted octanol–water partition coefficient (Wildman–Crippen LogP) is 2.95. The third-order valence-electron chi connectivity index (χ3n) is 4.39. The van der Waals surface area contributed by atoms with Gasteiger partial charge in [0.15, 0.2) is 11.8 Å². The molecule has 3 aromatic rings. The third-order valence-corrected chi connectivity index (χ3v) is 5.47. The van der Waals surface area contributed by atoms with E-state index in [0.717, 1.165) is 34.9 Å². The molecule has 0 atom stereocenters. The Morgan fingerprint density at radius 2 is 2.19 bits per heavy atom. The van der Waals surface area contributed by atoms with Gasteiger partial charge in [0.25, 0.3) is 0 Å². The summed E-state index contributed by atoms with van der Waals surface area (Å²) >= 11 is 7.84. The largest absolute Gasteiger partial charge is 0.351 e. The van der Waals surface area contributed by atoms with Gasteiger partial charge in [0.05, 0.1) is 18.1 Å². The van der Waals surface area contributed by atoms with Gasteiger partial charge < -0.3 is 19.4 Å². The molecule has 0 aliphatic heterocycles. The monoisotopic (exact) mass is 405 g/mol. The first-order chi connectivity index (χ1) is 12.9. The highest BCUT2D eigenvalue weighted by Crippen LogP contribution is 2.14. The van der Waals surface area contributed by atoms with Crippen LogP contribution in [0.1, 0.15) is 22.2 Å². The quantitative estimate of drug-likeness (QED) is 0.506. The van der Waals surface area contributed by atoms with E-state index in [2.05, 4.69) is 37.9 Å². The van der Waals surface area contributed by atoms with Gasteiger partial charge >= 0.3 is 0 Å². The molecule has 0 fully saturated rings. The lowest BCUT2D eigenvalue weighted by atomic mass is 10.4. The van der Waals surface area contributed by atoms with E-state index in [-0.39, 0.29) is 0 Å². The number of aliphatic imine (C=N–C) groups is 1. The number of hydrogen-bond acceptors (Lipinski definition) is 4. The summed E-state index contributed by atoms with van der Waals surface area (Å²) in [4.78, 5) is 8.11. The Hall–Kier alpha value is -2.32. The number of hydrogen-bond donors (Lipinski definition) is 1. The van der Waals surface area contributed by atoms with Gasteiger partial charge in [0.2, 0.25) is 0 Å². The zero-order chi connectivity index (χ0) is 19.4. The van der Waals surface area contributed by atoms with Crippen LogP contribution in [0.15, 0.2) is 34.8 Å². The zero-order valence-electron chi connectivity index (χ0n) is 16.0. The molecule has 144 valence electrons. The first-order valence-electron chi connectivity index (χ1n) is 8.61. The molecule has 1 N–H and O–H groups in total. The van der Waals surface area contributed by atoms with Crippen LogP contribution < -0.4 is 5.32 Å². The maximum atomic E-state index is 6.12. The topological polar surface area (TPSA) is 63.3 Å². The zero-order valence-corrected chi connectivity index (χ0v) is 17.5. The van der Waals surface area contributed by atoms with Crippen LogP contribution in [0.25, 0.3) is 0 Å². The minimum atomic E-state index is 0.461. The fraction of sp³-hybridized carbons (Fsp3) is 0.389. The molecule has 9 heteroatoms. The molecule has 3 heterocycles. The second-order valence-corrected chi connectivity index (χ2v) is 7.88. The van der Waals surface area contributed by atoms with E-state index in [9.17, 15) is 0 Å². The Bertz CT molecular complexity index is 910. The second kappa shape index (κ2) is 8.58. The first kappa shape index (κ1) is 19.4. The van der Waals surface area contributed by atoms with Crippen LogP contribution in [0.5, 0.6) is 0 Å². The number of rotatable bonds is 6. The van der Waals surface area contributed by atoms with Crippen molar-refractivity contribution in [3.05, 3.63) is 57.0 Å². The summed E-state index contributed by atoms with van der Waals surface area (Å²) in [5.41, 5.74) is 1.11. The maximum Gasteiger partial charge on any atom is 0.194 e. The van der Waals surface area contributed by atoms with Crippen LogP contribution >= 0.6 is 22.9 Å². The molecule has 0 bridgehead atoms. The summed E-state index contributed by atoms with van der Waals surface area (Å²) in [7, 11) is 5.96. The average molecular weight is 406 g/mol. The van der Waals surface area contributed by atoms with Crippen molar-refractivity contribution in [2.45, 2.75) is 26.6 Å². The molecule has 0 saturated heterocycles. The van der Waals surface area contributed by atoms with Crippen LogP contribution in [-0.2, 0) is 33.7 Å². The van der Waals surface area contributed by atoms with E-state index in [4.69, 9.17) is 16.6 Å². The summed E-state index contributed by atoms with van der Waals surface area (Å²) in [5.74, 6) is 2.51. The van der Waals surface area contributed by atoms with Crippen molar-refractivity contribution in [2.75, 3.05) is 7.05 Å². The lowest BCUT2D eigenvalue weighted by Gasteiger charge is -2.22. The van der Waals surface area contributed by atoms with E-state index in [1.807, 2.05) is 49.5 Å². The van der Waals surface area contributed by atoms with Gasteiger partial charge in [-0.1, -0.05) is 17.7 Å². The number of aromatic nitrogens is 4. The highest BCUT2D eigenvalue weighted by atomic mass is 35.5. The normalized spacial score (nSPS) is 11.8. The first-order valence-corrected chi connectivity index (χ1v) is 9.87. The maximum absolute atomic E-state index is 6.12. The van der Waals surface area contributed by atoms with Gasteiger partial charge in [0.1, 0.15) is 12.4 Å². The smallest absolute Gasteiger partial charge is 0.194 e. The minimum absolute atomic E-state index is 0.461. The summed E-state index contributed by atoms with van der Waals surface area (Å²) in [6.45, 7) is 3.81. The fourth-order valence-electron chi connectivity index (χ4n) is 2.67. The molecule has 0 unspecified atom stereocenters. The molecule has 7 nitrogen and oxygen atoms in total. The Balaban J connectivity index is 1.76. The summed E-state index contributed by atoms with van der Waals surface area (Å²) in [6, 6.07) is 6.13. The van der Waals surface area contributed by atoms with Crippen molar-refractivity contribution in [1.29, 1.82) is 0 Å². The van der Waals surface area contributed by atoms with Crippen LogP contribution in [0, 0.1) is 6.92 Å². The number of nitrogens with one attached hydrogen (secondary N) is 1. The fourth-order valence-corrected chi connectivity index (χ4v) is 3.58. The minimum Gasteiger partial charge on any atom is -0.351 e. The Kier molecular flexibility index (Phi) is 6.18. The van der Waals surface area contributed by atoms with Crippen molar-refractivity contribution in [3.8, 4) is 0 Å². The lowest BCUT2D eigenvalue weighted by molar-refractivity contribution is 0.459. The van der Waals surface area contributed by atoms with Crippen LogP contribution in [0.4, 0.5) is 0 Å². The van der Waals surface area contributed by atoms with E-state index in [0.29, 0.717) is 13.1 Å². The number of halogens is 1. The van der Waals surface area contributed by atoms with Gasteiger partial charge in [0, 0.05) is 37.9 Å².